The lowest BCUT2D eigenvalue weighted by Crippen LogP contribution is -2.51. The van der Waals surface area contributed by atoms with E-state index < -0.39 is 0 Å². The van der Waals surface area contributed by atoms with Crippen molar-refractivity contribution in [1.29, 1.82) is 0 Å². The molecule has 23 heavy (non-hydrogen) atoms. The second kappa shape index (κ2) is 5.21. The molecule has 2 spiro atoms. The van der Waals surface area contributed by atoms with Gasteiger partial charge in [0.15, 0.2) is 0 Å². The summed E-state index contributed by atoms with van der Waals surface area (Å²) in [5, 5.41) is 9.87. The van der Waals surface area contributed by atoms with Gasteiger partial charge in [-0.25, -0.2) is 0 Å². The van der Waals surface area contributed by atoms with Crippen LogP contribution in [0.2, 0.25) is 0 Å². The first kappa shape index (κ1) is 15.4. The summed E-state index contributed by atoms with van der Waals surface area (Å²) in [5.41, 5.74) is 5.16. The van der Waals surface area contributed by atoms with E-state index in [0.29, 0.717) is 29.8 Å². The van der Waals surface area contributed by atoms with Gasteiger partial charge in [0.25, 0.3) is 0 Å². The van der Waals surface area contributed by atoms with Gasteiger partial charge in [-0.05, 0) is 70.1 Å². The van der Waals surface area contributed by atoms with Crippen molar-refractivity contribution in [3.05, 3.63) is 47.6 Å². The highest BCUT2D eigenvalue weighted by molar-refractivity contribution is 5.45. The van der Waals surface area contributed by atoms with Crippen molar-refractivity contribution in [2.75, 3.05) is 6.61 Å². The van der Waals surface area contributed by atoms with Crippen molar-refractivity contribution < 1.29 is 5.11 Å². The van der Waals surface area contributed by atoms with E-state index in [1.807, 2.05) is 0 Å². The Labute approximate surface area is 140 Å². The highest BCUT2D eigenvalue weighted by Gasteiger charge is 2.62. The molecule has 0 radical (unpaired) electrons. The van der Waals surface area contributed by atoms with E-state index in [9.17, 15) is 5.11 Å². The van der Waals surface area contributed by atoms with E-state index in [1.54, 1.807) is 5.57 Å². The van der Waals surface area contributed by atoms with Gasteiger partial charge in [0.05, 0.1) is 0 Å². The van der Waals surface area contributed by atoms with Crippen molar-refractivity contribution >= 4 is 0 Å². The van der Waals surface area contributed by atoms with Crippen LogP contribution in [0.3, 0.4) is 0 Å². The Morgan fingerprint density at radius 3 is 2.91 bits per heavy atom. The van der Waals surface area contributed by atoms with Gasteiger partial charge >= 0.3 is 0 Å². The number of rotatable bonds is 2. The molecule has 0 aromatic rings. The van der Waals surface area contributed by atoms with Crippen LogP contribution < -0.4 is 0 Å². The standard InChI is InChI=1S/C22H30O/c1-15(2)17-7-11-21-9-4-5-19-18(14-23)8-12-22(19,21)10-6-16(3)20(21)13-17/h4-6,10,17-19,23H,1,7-9,11-14H2,2-3H3. The molecule has 1 heteroatoms. The molecule has 0 heterocycles. The molecular formula is C22H30O. The van der Waals surface area contributed by atoms with Crippen LogP contribution in [0.25, 0.3) is 0 Å². The van der Waals surface area contributed by atoms with E-state index in [0.717, 1.165) is 0 Å². The summed E-state index contributed by atoms with van der Waals surface area (Å²) in [4.78, 5) is 0. The number of hydrogen-bond acceptors (Lipinski definition) is 1. The molecule has 5 unspecified atom stereocenters. The van der Waals surface area contributed by atoms with Gasteiger partial charge in [-0.1, -0.05) is 47.6 Å². The van der Waals surface area contributed by atoms with Gasteiger partial charge in [0, 0.05) is 17.4 Å². The predicted molar refractivity (Wildman–Crippen MR) is 95.9 cm³/mol. The molecule has 1 N–H and O–H groups in total. The first-order chi connectivity index (χ1) is 11.0. The third-order valence-corrected chi connectivity index (χ3v) is 7.72. The smallest absolute Gasteiger partial charge is 0.0465 e. The molecule has 5 atom stereocenters. The highest BCUT2D eigenvalue weighted by Crippen LogP contribution is 2.70. The van der Waals surface area contributed by atoms with Gasteiger partial charge in [-0.15, -0.1) is 0 Å². The number of aliphatic hydroxyl groups is 1. The monoisotopic (exact) mass is 310 g/mol. The summed E-state index contributed by atoms with van der Waals surface area (Å²) < 4.78 is 0. The van der Waals surface area contributed by atoms with Crippen LogP contribution in [-0.2, 0) is 0 Å². The van der Waals surface area contributed by atoms with Crippen LogP contribution in [-0.4, -0.2) is 11.7 Å². The fourth-order valence-electron chi connectivity index (χ4n) is 6.43. The van der Waals surface area contributed by atoms with Crippen LogP contribution in [0.1, 0.15) is 52.4 Å². The fraction of sp³-hybridized carbons (Fsp3) is 0.636. The minimum Gasteiger partial charge on any atom is -0.396 e. The lowest BCUT2D eigenvalue weighted by molar-refractivity contribution is 0.0326. The van der Waals surface area contributed by atoms with Crippen LogP contribution in [0.15, 0.2) is 47.6 Å². The van der Waals surface area contributed by atoms with Gasteiger partial charge in [0.1, 0.15) is 0 Å². The third kappa shape index (κ3) is 1.89. The Hall–Kier alpha value is -1.08. The van der Waals surface area contributed by atoms with E-state index in [1.165, 1.54) is 49.7 Å². The first-order valence-electron chi connectivity index (χ1n) is 9.36. The van der Waals surface area contributed by atoms with Crippen molar-refractivity contribution in [1.82, 2.24) is 0 Å². The summed E-state index contributed by atoms with van der Waals surface area (Å²) in [6, 6.07) is 0. The van der Waals surface area contributed by atoms with Crippen molar-refractivity contribution in [3.8, 4) is 0 Å². The minimum absolute atomic E-state index is 0.268. The summed E-state index contributed by atoms with van der Waals surface area (Å²) in [6.07, 6.45) is 17.2. The molecule has 4 aliphatic rings. The molecule has 124 valence electrons. The Morgan fingerprint density at radius 1 is 1.35 bits per heavy atom. The number of allylic oxidation sites excluding steroid dienone is 7. The average Bonchev–Trinajstić information content (AvgIpc) is 2.92. The largest absolute Gasteiger partial charge is 0.396 e. The minimum atomic E-state index is 0.268. The Kier molecular flexibility index (Phi) is 3.50. The van der Waals surface area contributed by atoms with E-state index in [-0.39, 0.29) is 5.41 Å². The fourth-order valence-corrected chi connectivity index (χ4v) is 6.43. The van der Waals surface area contributed by atoms with Gasteiger partial charge in [0.2, 0.25) is 0 Å². The lowest BCUT2D eigenvalue weighted by atomic mass is 9.45. The Bertz CT molecular complexity index is 622. The molecule has 1 nitrogen and oxygen atoms in total. The number of aliphatic hydroxyl groups excluding tert-OH is 1. The molecule has 0 amide bonds. The molecule has 0 bridgehead atoms. The normalized spacial score (nSPS) is 44.7. The molecule has 0 aliphatic heterocycles. The molecule has 0 aromatic heterocycles. The van der Waals surface area contributed by atoms with Crippen LogP contribution in [0.5, 0.6) is 0 Å². The predicted octanol–water partition coefficient (Wildman–Crippen LogP) is 5.20. The quantitative estimate of drug-likeness (QED) is 0.695. The zero-order chi connectivity index (χ0) is 16.2. The van der Waals surface area contributed by atoms with E-state index >= 15 is 0 Å². The van der Waals surface area contributed by atoms with Crippen LogP contribution in [0.4, 0.5) is 0 Å². The second-order valence-electron chi connectivity index (χ2n) is 8.54. The summed E-state index contributed by atoms with van der Waals surface area (Å²) in [7, 11) is 0. The SMILES string of the molecule is C=C(C)C1CCC23CC=CC4C(CO)CCC42C=CC(C)=C3C1. The van der Waals surface area contributed by atoms with Crippen molar-refractivity contribution in [2.24, 2.45) is 28.6 Å². The van der Waals surface area contributed by atoms with Gasteiger partial charge in [-0.2, -0.15) is 0 Å². The number of hydrogen-bond donors (Lipinski definition) is 1. The average molecular weight is 310 g/mol. The Balaban J connectivity index is 1.82. The maximum absolute atomic E-state index is 9.87. The second-order valence-corrected chi connectivity index (χ2v) is 8.54. The van der Waals surface area contributed by atoms with Crippen LogP contribution in [0, 0.1) is 28.6 Å². The molecule has 4 rings (SSSR count). The molecule has 2 saturated carbocycles. The third-order valence-electron chi connectivity index (χ3n) is 7.72. The maximum atomic E-state index is 9.87. The molecular weight excluding hydrogens is 280 g/mol. The zero-order valence-electron chi connectivity index (χ0n) is 14.6. The first-order valence-corrected chi connectivity index (χ1v) is 9.36. The highest BCUT2D eigenvalue weighted by atomic mass is 16.3. The summed E-state index contributed by atoms with van der Waals surface area (Å²) >= 11 is 0. The maximum Gasteiger partial charge on any atom is 0.0465 e. The van der Waals surface area contributed by atoms with Gasteiger partial charge in [-0.3, -0.25) is 0 Å². The lowest BCUT2D eigenvalue weighted by Gasteiger charge is -2.59. The molecule has 4 aliphatic carbocycles. The van der Waals surface area contributed by atoms with Crippen molar-refractivity contribution in [3.63, 3.8) is 0 Å². The summed E-state index contributed by atoms with van der Waals surface area (Å²) in [6.45, 7) is 9.10. The van der Waals surface area contributed by atoms with Crippen molar-refractivity contribution in [2.45, 2.75) is 52.4 Å². The topological polar surface area (TPSA) is 20.2 Å². The molecule has 2 fully saturated rings. The van der Waals surface area contributed by atoms with E-state index in [2.05, 4.69) is 44.7 Å². The molecule has 0 saturated heterocycles. The van der Waals surface area contributed by atoms with E-state index in [4.69, 9.17) is 0 Å². The Morgan fingerprint density at radius 2 is 2.17 bits per heavy atom. The molecule has 0 aromatic carbocycles. The van der Waals surface area contributed by atoms with Crippen LogP contribution >= 0.6 is 0 Å². The summed E-state index contributed by atoms with van der Waals surface area (Å²) in [5.74, 6) is 1.64. The van der Waals surface area contributed by atoms with Gasteiger partial charge < -0.3 is 5.11 Å². The zero-order valence-corrected chi connectivity index (χ0v) is 14.6.